The number of benzene rings is 2. The van der Waals surface area contributed by atoms with Crippen molar-refractivity contribution >= 4 is 45.5 Å². The second-order valence-corrected chi connectivity index (χ2v) is 8.03. The zero-order valence-corrected chi connectivity index (χ0v) is 18.3. The number of carbonyl (C=O) groups excluding carboxylic acids is 3. The SMILES string of the molecule is Cc1cc(/C=C2/C(=O)NC(=O)N(c3cccc(Br)c3)C2=O)c(C)n1-c1ccc(O)cc1. The van der Waals surface area contributed by atoms with E-state index in [9.17, 15) is 19.5 Å². The largest absolute Gasteiger partial charge is 0.508 e. The third-order valence-corrected chi connectivity index (χ3v) is 5.54. The van der Waals surface area contributed by atoms with Gasteiger partial charge in [-0.05, 0) is 74.0 Å². The van der Waals surface area contributed by atoms with Crippen LogP contribution in [-0.4, -0.2) is 27.5 Å². The van der Waals surface area contributed by atoms with Crippen molar-refractivity contribution < 1.29 is 19.5 Å². The minimum Gasteiger partial charge on any atom is -0.508 e. The monoisotopic (exact) mass is 479 g/mol. The molecule has 1 saturated heterocycles. The van der Waals surface area contributed by atoms with Crippen LogP contribution in [-0.2, 0) is 9.59 Å². The Kier molecular flexibility index (Phi) is 5.24. The summed E-state index contributed by atoms with van der Waals surface area (Å²) in [5, 5.41) is 11.8. The van der Waals surface area contributed by atoms with Gasteiger partial charge in [0.2, 0.25) is 0 Å². The molecule has 2 heterocycles. The van der Waals surface area contributed by atoms with Gasteiger partial charge < -0.3 is 9.67 Å². The standard InChI is InChI=1S/C23H18BrN3O4/c1-13-10-15(14(2)26(13)17-6-8-19(28)9-7-17)11-20-21(29)25-23(31)27(22(20)30)18-5-3-4-16(24)12-18/h3-12,28H,1-2H3,(H,25,29,31)/b20-11-. The Labute approximate surface area is 186 Å². The van der Waals surface area contributed by atoms with Crippen molar-refractivity contribution in [2.24, 2.45) is 0 Å². The average molecular weight is 480 g/mol. The first kappa shape index (κ1) is 20.6. The fourth-order valence-electron chi connectivity index (χ4n) is 3.60. The van der Waals surface area contributed by atoms with Gasteiger partial charge in [0.05, 0.1) is 5.69 Å². The van der Waals surface area contributed by atoms with Crippen molar-refractivity contribution in [3.8, 4) is 11.4 Å². The molecule has 2 aromatic carbocycles. The maximum absolute atomic E-state index is 13.1. The van der Waals surface area contributed by atoms with Crippen molar-refractivity contribution in [2.75, 3.05) is 4.90 Å². The summed E-state index contributed by atoms with van der Waals surface area (Å²) in [6.45, 7) is 3.77. The number of amides is 4. The highest BCUT2D eigenvalue weighted by Crippen LogP contribution is 2.27. The number of hydrogen-bond acceptors (Lipinski definition) is 4. The summed E-state index contributed by atoms with van der Waals surface area (Å²) in [6, 6.07) is 14.5. The van der Waals surface area contributed by atoms with E-state index in [1.165, 1.54) is 6.08 Å². The lowest BCUT2D eigenvalue weighted by Crippen LogP contribution is -2.54. The van der Waals surface area contributed by atoms with Crippen molar-refractivity contribution in [3.63, 3.8) is 0 Å². The lowest BCUT2D eigenvalue weighted by atomic mass is 10.1. The number of rotatable bonds is 3. The molecule has 1 aromatic heterocycles. The predicted molar refractivity (Wildman–Crippen MR) is 120 cm³/mol. The highest BCUT2D eigenvalue weighted by Gasteiger charge is 2.37. The van der Waals surface area contributed by atoms with E-state index in [0.29, 0.717) is 15.7 Å². The average Bonchev–Trinajstić information content (AvgIpc) is 2.99. The van der Waals surface area contributed by atoms with Crippen LogP contribution >= 0.6 is 15.9 Å². The van der Waals surface area contributed by atoms with Crippen LogP contribution in [0, 0.1) is 13.8 Å². The molecule has 0 aliphatic carbocycles. The molecular weight excluding hydrogens is 462 g/mol. The molecule has 8 heteroatoms. The fraction of sp³-hybridized carbons (Fsp3) is 0.0870. The van der Waals surface area contributed by atoms with E-state index in [0.717, 1.165) is 22.0 Å². The number of nitrogens with zero attached hydrogens (tertiary/aromatic N) is 2. The minimum atomic E-state index is -0.792. The number of carbonyl (C=O) groups is 3. The molecule has 1 aliphatic rings. The number of aryl methyl sites for hydroxylation is 1. The number of hydrogen-bond donors (Lipinski definition) is 2. The van der Waals surface area contributed by atoms with E-state index in [-0.39, 0.29) is 11.3 Å². The van der Waals surface area contributed by atoms with E-state index in [4.69, 9.17) is 0 Å². The number of halogens is 1. The summed E-state index contributed by atoms with van der Waals surface area (Å²) < 4.78 is 2.65. The molecule has 0 atom stereocenters. The smallest absolute Gasteiger partial charge is 0.335 e. The molecule has 156 valence electrons. The third-order valence-electron chi connectivity index (χ3n) is 5.05. The summed E-state index contributed by atoms with van der Waals surface area (Å²) >= 11 is 3.33. The molecule has 0 spiro atoms. The number of nitrogens with one attached hydrogen (secondary N) is 1. The normalized spacial score (nSPS) is 15.5. The molecule has 1 aliphatic heterocycles. The van der Waals surface area contributed by atoms with Gasteiger partial charge in [-0.25, -0.2) is 9.69 Å². The predicted octanol–water partition coefficient (Wildman–Crippen LogP) is 4.23. The molecule has 4 rings (SSSR count). The van der Waals surface area contributed by atoms with Crippen molar-refractivity contribution in [2.45, 2.75) is 13.8 Å². The molecule has 0 saturated carbocycles. The number of aromatic hydroxyl groups is 1. The molecule has 0 radical (unpaired) electrons. The number of aromatic nitrogens is 1. The molecule has 0 unspecified atom stereocenters. The Balaban J connectivity index is 1.76. The maximum atomic E-state index is 13.1. The summed E-state index contributed by atoms with van der Waals surface area (Å²) in [7, 11) is 0. The van der Waals surface area contributed by atoms with Crippen molar-refractivity contribution in [1.82, 2.24) is 9.88 Å². The molecule has 0 bridgehead atoms. The molecule has 31 heavy (non-hydrogen) atoms. The minimum absolute atomic E-state index is 0.134. The van der Waals surface area contributed by atoms with Gasteiger partial charge in [-0.15, -0.1) is 0 Å². The number of phenolic OH excluding ortho intramolecular Hbond substituents is 1. The second-order valence-electron chi connectivity index (χ2n) is 7.12. The van der Waals surface area contributed by atoms with Crippen LogP contribution in [0.1, 0.15) is 17.0 Å². The van der Waals surface area contributed by atoms with Crippen LogP contribution in [0.3, 0.4) is 0 Å². The van der Waals surface area contributed by atoms with Crippen LogP contribution in [0.4, 0.5) is 10.5 Å². The second kappa shape index (κ2) is 7.88. The first-order valence-corrected chi connectivity index (χ1v) is 10.2. The molecule has 7 nitrogen and oxygen atoms in total. The van der Waals surface area contributed by atoms with Crippen LogP contribution in [0.2, 0.25) is 0 Å². The molecule has 3 aromatic rings. The van der Waals surface area contributed by atoms with Gasteiger partial charge in [0.15, 0.2) is 0 Å². The Bertz CT molecular complexity index is 1260. The quantitative estimate of drug-likeness (QED) is 0.434. The fourth-order valence-corrected chi connectivity index (χ4v) is 3.98. The number of imide groups is 2. The Morgan fingerprint density at radius 3 is 2.35 bits per heavy atom. The van der Waals surface area contributed by atoms with Crippen LogP contribution in [0.5, 0.6) is 5.75 Å². The third kappa shape index (κ3) is 3.77. The first-order valence-electron chi connectivity index (χ1n) is 9.41. The topological polar surface area (TPSA) is 91.6 Å². The Morgan fingerprint density at radius 2 is 1.68 bits per heavy atom. The summed E-state index contributed by atoms with van der Waals surface area (Å²) in [6.07, 6.45) is 1.49. The van der Waals surface area contributed by atoms with Crippen LogP contribution in [0.25, 0.3) is 11.8 Å². The van der Waals surface area contributed by atoms with Gasteiger partial charge >= 0.3 is 6.03 Å². The van der Waals surface area contributed by atoms with E-state index in [1.807, 2.05) is 24.5 Å². The highest BCUT2D eigenvalue weighted by molar-refractivity contribution is 9.10. The molecule has 1 fully saturated rings. The van der Waals surface area contributed by atoms with Gasteiger partial charge in [0, 0.05) is 21.5 Å². The van der Waals surface area contributed by atoms with Crippen LogP contribution in [0.15, 0.2) is 64.6 Å². The van der Waals surface area contributed by atoms with E-state index in [1.54, 1.807) is 48.5 Å². The van der Waals surface area contributed by atoms with E-state index >= 15 is 0 Å². The lowest BCUT2D eigenvalue weighted by molar-refractivity contribution is -0.122. The maximum Gasteiger partial charge on any atom is 0.335 e. The summed E-state index contributed by atoms with van der Waals surface area (Å²) in [5.41, 5.74) is 3.42. The molecule has 2 N–H and O–H groups in total. The first-order chi connectivity index (χ1) is 14.8. The van der Waals surface area contributed by atoms with Crippen LogP contribution < -0.4 is 10.2 Å². The van der Waals surface area contributed by atoms with E-state index < -0.39 is 17.8 Å². The summed E-state index contributed by atoms with van der Waals surface area (Å²) in [4.78, 5) is 38.9. The van der Waals surface area contributed by atoms with Crippen molar-refractivity contribution in [1.29, 1.82) is 0 Å². The summed E-state index contributed by atoms with van der Waals surface area (Å²) in [5.74, 6) is -1.27. The van der Waals surface area contributed by atoms with Gasteiger partial charge in [0.1, 0.15) is 11.3 Å². The van der Waals surface area contributed by atoms with Gasteiger partial charge in [-0.2, -0.15) is 0 Å². The lowest BCUT2D eigenvalue weighted by Gasteiger charge is -2.26. The Hall–Kier alpha value is -3.65. The molecule has 4 amide bonds. The Morgan fingerprint density at radius 1 is 0.968 bits per heavy atom. The zero-order chi connectivity index (χ0) is 22.3. The van der Waals surface area contributed by atoms with E-state index in [2.05, 4.69) is 21.2 Å². The van der Waals surface area contributed by atoms with Gasteiger partial charge in [0.25, 0.3) is 11.8 Å². The number of barbiturate groups is 1. The van der Waals surface area contributed by atoms with Crippen molar-refractivity contribution in [3.05, 3.63) is 81.6 Å². The highest BCUT2D eigenvalue weighted by atomic mass is 79.9. The zero-order valence-electron chi connectivity index (χ0n) is 16.7. The number of phenols is 1. The number of urea groups is 1. The molecular formula is C23H18BrN3O4. The van der Waals surface area contributed by atoms with Gasteiger partial charge in [-0.3, -0.25) is 14.9 Å². The van der Waals surface area contributed by atoms with Gasteiger partial charge in [-0.1, -0.05) is 22.0 Å². The number of anilines is 1.